The highest BCUT2D eigenvalue weighted by Crippen LogP contribution is 2.23. The molecule has 0 unspecified atom stereocenters. The maximum absolute atomic E-state index is 11.9. The van der Waals surface area contributed by atoms with Crippen LogP contribution in [0.25, 0.3) is 11.3 Å². The molecule has 1 amide bonds. The number of piperazine rings is 1. The molecule has 0 spiro atoms. The Kier molecular flexibility index (Phi) is 6.16. The van der Waals surface area contributed by atoms with Gasteiger partial charge in [0.25, 0.3) is 0 Å². The van der Waals surface area contributed by atoms with Crippen LogP contribution in [0.15, 0.2) is 34.9 Å². The number of benzene rings is 1. The zero-order valence-electron chi connectivity index (χ0n) is 15.2. The van der Waals surface area contributed by atoms with Crippen molar-refractivity contribution in [1.29, 1.82) is 0 Å². The SMILES string of the molecule is CCOC(=O)N1CCN(CCc2cc(-c3cccc(Cl)c3)on2)C[C@H]1C. The molecule has 7 heteroatoms. The van der Waals surface area contributed by atoms with Crippen LogP contribution < -0.4 is 0 Å². The van der Waals surface area contributed by atoms with E-state index >= 15 is 0 Å². The lowest BCUT2D eigenvalue weighted by Crippen LogP contribution is -2.54. The molecule has 0 N–H and O–H groups in total. The normalized spacial score (nSPS) is 18.1. The molecule has 26 heavy (non-hydrogen) atoms. The van der Waals surface area contributed by atoms with Gasteiger partial charge in [0.1, 0.15) is 0 Å². The average Bonchev–Trinajstić information content (AvgIpc) is 3.09. The van der Waals surface area contributed by atoms with E-state index in [0.29, 0.717) is 18.2 Å². The average molecular weight is 378 g/mol. The summed E-state index contributed by atoms with van der Waals surface area (Å²) in [6.45, 7) is 7.52. The van der Waals surface area contributed by atoms with Gasteiger partial charge in [0.2, 0.25) is 0 Å². The van der Waals surface area contributed by atoms with Crippen LogP contribution in [0.3, 0.4) is 0 Å². The first kappa shape index (κ1) is 18.7. The monoisotopic (exact) mass is 377 g/mol. The zero-order chi connectivity index (χ0) is 18.5. The van der Waals surface area contributed by atoms with Crippen LogP contribution >= 0.6 is 11.6 Å². The minimum atomic E-state index is -0.220. The van der Waals surface area contributed by atoms with Crippen LogP contribution in [-0.2, 0) is 11.2 Å². The van der Waals surface area contributed by atoms with E-state index in [4.69, 9.17) is 20.9 Å². The second-order valence-electron chi connectivity index (χ2n) is 6.48. The Balaban J connectivity index is 1.52. The molecule has 1 aliphatic heterocycles. The number of halogens is 1. The Morgan fingerprint density at radius 2 is 2.23 bits per heavy atom. The van der Waals surface area contributed by atoms with Gasteiger partial charge in [0.05, 0.1) is 12.3 Å². The molecule has 1 fully saturated rings. The van der Waals surface area contributed by atoms with E-state index in [1.807, 2.05) is 37.3 Å². The van der Waals surface area contributed by atoms with E-state index in [2.05, 4.69) is 17.0 Å². The molecule has 140 valence electrons. The molecule has 6 nitrogen and oxygen atoms in total. The van der Waals surface area contributed by atoms with Crippen molar-refractivity contribution < 1.29 is 14.1 Å². The Morgan fingerprint density at radius 1 is 1.38 bits per heavy atom. The summed E-state index contributed by atoms with van der Waals surface area (Å²) < 4.78 is 10.6. The van der Waals surface area contributed by atoms with E-state index < -0.39 is 0 Å². The number of carbonyl (C=O) groups excluding carboxylic acids is 1. The number of amides is 1. The minimum absolute atomic E-state index is 0.141. The summed E-state index contributed by atoms with van der Waals surface area (Å²) >= 11 is 6.03. The summed E-state index contributed by atoms with van der Waals surface area (Å²) in [4.78, 5) is 16.0. The molecule has 1 aromatic heterocycles. The summed E-state index contributed by atoms with van der Waals surface area (Å²) in [6, 6.07) is 9.64. The molecule has 1 aromatic carbocycles. The third-order valence-corrected chi connectivity index (χ3v) is 4.80. The number of rotatable bonds is 5. The second-order valence-corrected chi connectivity index (χ2v) is 6.92. The van der Waals surface area contributed by atoms with Crippen molar-refractivity contribution in [2.45, 2.75) is 26.3 Å². The molecular weight excluding hydrogens is 354 g/mol. The van der Waals surface area contributed by atoms with Gasteiger partial charge in [-0.05, 0) is 26.0 Å². The number of carbonyl (C=O) groups is 1. The van der Waals surface area contributed by atoms with Gasteiger partial charge in [-0.2, -0.15) is 0 Å². The molecule has 1 saturated heterocycles. The number of hydrogen-bond acceptors (Lipinski definition) is 5. The summed E-state index contributed by atoms with van der Waals surface area (Å²) in [5.74, 6) is 0.725. The zero-order valence-corrected chi connectivity index (χ0v) is 15.9. The van der Waals surface area contributed by atoms with Gasteiger partial charge >= 0.3 is 6.09 Å². The summed E-state index contributed by atoms with van der Waals surface area (Å²) in [5.41, 5.74) is 1.84. The Morgan fingerprint density at radius 3 is 2.96 bits per heavy atom. The van der Waals surface area contributed by atoms with Crippen LogP contribution in [0, 0.1) is 0 Å². The molecule has 1 atom stereocenters. The third kappa shape index (κ3) is 4.56. The number of hydrogen-bond donors (Lipinski definition) is 0. The molecule has 0 bridgehead atoms. The number of aromatic nitrogens is 1. The van der Waals surface area contributed by atoms with E-state index in [1.165, 1.54) is 0 Å². The first-order valence-corrected chi connectivity index (χ1v) is 9.32. The molecule has 1 aliphatic rings. The highest BCUT2D eigenvalue weighted by molar-refractivity contribution is 6.30. The molecule has 0 saturated carbocycles. The predicted molar refractivity (Wildman–Crippen MR) is 100 cm³/mol. The van der Waals surface area contributed by atoms with Gasteiger partial charge in [-0.3, -0.25) is 4.90 Å². The van der Waals surface area contributed by atoms with Crippen molar-refractivity contribution in [3.8, 4) is 11.3 Å². The van der Waals surface area contributed by atoms with Crippen LogP contribution in [0.1, 0.15) is 19.5 Å². The summed E-state index contributed by atoms with van der Waals surface area (Å²) in [5, 5.41) is 4.84. The largest absolute Gasteiger partial charge is 0.450 e. The van der Waals surface area contributed by atoms with Gasteiger partial charge in [-0.25, -0.2) is 4.79 Å². The highest BCUT2D eigenvalue weighted by Gasteiger charge is 2.28. The van der Waals surface area contributed by atoms with Gasteiger partial charge in [0.15, 0.2) is 5.76 Å². The standard InChI is InChI=1S/C19H24ClN3O3/c1-3-25-19(24)23-10-9-22(13-14(23)2)8-7-17-12-18(26-21-17)15-5-4-6-16(20)11-15/h4-6,11-12,14H,3,7-10,13H2,1-2H3/t14-/m1/s1. The van der Waals surface area contributed by atoms with E-state index in [1.54, 1.807) is 4.90 Å². The highest BCUT2D eigenvalue weighted by atomic mass is 35.5. The fraction of sp³-hybridized carbons (Fsp3) is 0.474. The maximum atomic E-state index is 11.9. The van der Waals surface area contributed by atoms with Crippen LogP contribution in [0.4, 0.5) is 4.79 Å². The van der Waals surface area contributed by atoms with Crippen molar-refractivity contribution in [3.05, 3.63) is 41.0 Å². The van der Waals surface area contributed by atoms with Crippen LogP contribution in [-0.4, -0.2) is 59.9 Å². The van der Waals surface area contributed by atoms with Crippen molar-refractivity contribution in [2.24, 2.45) is 0 Å². The molecule has 0 aliphatic carbocycles. The third-order valence-electron chi connectivity index (χ3n) is 4.57. The Bertz CT molecular complexity index is 749. The summed E-state index contributed by atoms with van der Waals surface area (Å²) in [6.07, 6.45) is 0.582. The van der Waals surface area contributed by atoms with Gasteiger partial charge in [0, 0.05) is 55.3 Å². The Hall–Kier alpha value is -2.05. The molecule has 2 heterocycles. The molecule has 3 rings (SSSR count). The first-order valence-electron chi connectivity index (χ1n) is 8.94. The fourth-order valence-electron chi connectivity index (χ4n) is 3.19. The molecule has 0 radical (unpaired) electrons. The van der Waals surface area contributed by atoms with E-state index in [-0.39, 0.29) is 12.1 Å². The number of ether oxygens (including phenoxy) is 1. The lowest BCUT2D eigenvalue weighted by Gasteiger charge is -2.39. The quantitative estimate of drug-likeness (QED) is 0.795. The minimum Gasteiger partial charge on any atom is -0.450 e. The lowest BCUT2D eigenvalue weighted by atomic mass is 10.1. The van der Waals surface area contributed by atoms with Crippen molar-refractivity contribution in [2.75, 3.05) is 32.8 Å². The topological polar surface area (TPSA) is 58.8 Å². The smallest absolute Gasteiger partial charge is 0.410 e. The molecule has 2 aromatic rings. The fourth-order valence-corrected chi connectivity index (χ4v) is 3.38. The van der Waals surface area contributed by atoms with Crippen molar-refractivity contribution in [1.82, 2.24) is 15.0 Å². The first-order chi connectivity index (χ1) is 12.6. The lowest BCUT2D eigenvalue weighted by molar-refractivity contribution is 0.0545. The van der Waals surface area contributed by atoms with Crippen molar-refractivity contribution >= 4 is 17.7 Å². The maximum Gasteiger partial charge on any atom is 0.410 e. The number of nitrogens with zero attached hydrogens (tertiary/aromatic N) is 3. The van der Waals surface area contributed by atoms with E-state index in [9.17, 15) is 4.79 Å². The van der Waals surface area contributed by atoms with Crippen molar-refractivity contribution in [3.63, 3.8) is 0 Å². The van der Waals surface area contributed by atoms with Gasteiger partial charge < -0.3 is 14.2 Å². The summed E-state index contributed by atoms with van der Waals surface area (Å²) in [7, 11) is 0. The second kappa shape index (κ2) is 8.56. The van der Waals surface area contributed by atoms with Gasteiger partial charge in [-0.1, -0.05) is 28.9 Å². The van der Waals surface area contributed by atoms with Crippen LogP contribution in [0.5, 0.6) is 0 Å². The van der Waals surface area contributed by atoms with E-state index in [0.717, 1.165) is 43.1 Å². The van der Waals surface area contributed by atoms with Gasteiger partial charge in [-0.15, -0.1) is 0 Å². The van der Waals surface area contributed by atoms with Crippen LogP contribution in [0.2, 0.25) is 5.02 Å². The Labute approximate surface area is 158 Å². The predicted octanol–water partition coefficient (Wildman–Crippen LogP) is 3.70. The molecular formula is C19H24ClN3O3.